The van der Waals surface area contributed by atoms with Crippen LogP contribution in [0.5, 0.6) is 0 Å². The van der Waals surface area contributed by atoms with Crippen molar-refractivity contribution in [2.45, 2.75) is 25.1 Å². The van der Waals surface area contributed by atoms with Gasteiger partial charge in [0.15, 0.2) is 0 Å². The van der Waals surface area contributed by atoms with Crippen molar-refractivity contribution >= 4 is 7.14 Å². The largest absolute Gasteiger partial charge is 0.378 e. The summed E-state index contributed by atoms with van der Waals surface area (Å²) in [6.07, 6.45) is 2.39. The van der Waals surface area contributed by atoms with Crippen LogP contribution >= 0.6 is 7.14 Å². The minimum absolute atomic E-state index is 0.492. The molecule has 0 saturated carbocycles. The van der Waals surface area contributed by atoms with E-state index in [9.17, 15) is 9.67 Å². The van der Waals surface area contributed by atoms with Gasteiger partial charge < -0.3 is 9.67 Å². The van der Waals surface area contributed by atoms with Crippen LogP contribution in [0.3, 0.4) is 0 Å². The van der Waals surface area contributed by atoms with Crippen LogP contribution in [-0.4, -0.2) is 17.4 Å². The van der Waals surface area contributed by atoms with Crippen LogP contribution in [0.2, 0.25) is 0 Å². The molecule has 0 fully saturated rings. The number of rotatable bonds is 8. The van der Waals surface area contributed by atoms with Crippen molar-refractivity contribution in [3.05, 3.63) is 108 Å². The fraction of sp³-hybridized carbons (Fsp3) is 0.250. The lowest BCUT2D eigenvalue weighted by Crippen LogP contribution is -2.26. The van der Waals surface area contributed by atoms with Gasteiger partial charge in [-0.3, -0.25) is 0 Å². The van der Waals surface area contributed by atoms with Gasteiger partial charge in [-0.25, -0.2) is 0 Å². The highest BCUT2D eigenvalue weighted by atomic mass is 31.2. The lowest BCUT2D eigenvalue weighted by atomic mass is 10.1. The van der Waals surface area contributed by atoms with Crippen LogP contribution in [0.25, 0.3) is 0 Å². The van der Waals surface area contributed by atoms with Gasteiger partial charge >= 0.3 is 0 Å². The summed E-state index contributed by atoms with van der Waals surface area (Å²) >= 11 is 0. The Morgan fingerprint density at radius 1 is 0.704 bits per heavy atom. The third-order valence-electron chi connectivity index (χ3n) is 5.32. The van der Waals surface area contributed by atoms with E-state index in [0.29, 0.717) is 25.2 Å². The molecule has 0 saturated heterocycles. The molecule has 3 rings (SSSR count). The average molecular weight is 378 g/mol. The second kappa shape index (κ2) is 8.69. The Morgan fingerprint density at radius 2 is 1.07 bits per heavy atom. The summed E-state index contributed by atoms with van der Waals surface area (Å²) in [5, 5.41) is 10.1. The Kier molecular flexibility index (Phi) is 6.31. The predicted octanol–water partition coefficient (Wildman–Crippen LogP) is 5.70. The number of hydrogen-bond donors (Lipinski definition) is 1. The van der Waals surface area contributed by atoms with E-state index in [1.54, 1.807) is 6.92 Å². The molecule has 1 N–H and O–H groups in total. The van der Waals surface area contributed by atoms with Crippen LogP contribution in [0, 0.1) is 0 Å². The van der Waals surface area contributed by atoms with Gasteiger partial charge in [0.25, 0.3) is 0 Å². The lowest BCUT2D eigenvalue weighted by Gasteiger charge is -2.34. The van der Waals surface area contributed by atoms with E-state index in [1.165, 1.54) is 0 Å². The van der Waals surface area contributed by atoms with E-state index < -0.39 is 12.5 Å². The average Bonchev–Trinajstić information content (AvgIpc) is 2.73. The lowest BCUT2D eigenvalue weighted by molar-refractivity contribution is 0.142. The van der Waals surface area contributed by atoms with Crippen LogP contribution < -0.4 is 0 Å². The summed E-state index contributed by atoms with van der Waals surface area (Å²) in [6, 6.07) is 29.6. The van der Waals surface area contributed by atoms with Crippen molar-refractivity contribution in [2.24, 2.45) is 0 Å². The number of hydrogen-bond acceptors (Lipinski definition) is 2. The van der Waals surface area contributed by atoms with E-state index in [-0.39, 0.29) is 0 Å². The summed E-state index contributed by atoms with van der Waals surface area (Å²) in [6.45, 7) is 1.72. The molecule has 3 aromatic rings. The van der Waals surface area contributed by atoms with Crippen LogP contribution in [0.4, 0.5) is 0 Å². The Balaban J connectivity index is 1.86. The molecule has 0 spiro atoms. The van der Waals surface area contributed by atoms with Crippen molar-refractivity contribution in [3.63, 3.8) is 0 Å². The van der Waals surface area contributed by atoms with Gasteiger partial charge in [-0.05, 0) is 36.5 Å². The second-order valence-corrected chi connectivity index (χ2v) is 10.7. The molecule has 140 valence electrons. The first kappa shape index (κ1) is 19.6. The fourth-order valence-electron chi connectivity index (χ4n) is 3.45. The minimum Gasteiger partial charge on any atom is -0.378 e. The number of aliphatic hydroxyl groups is 1. The fourth-order valence-corrected chi connectivity index (χ4v) is 6.40. The van der Waals surface area contributed by atoms with Crippen LogP contribution in [0.15, 0.2) is 91.0 Å². The molecule has 0 aromatic heterocycles. The van der Waals surface area contributed by atoms with Gasteiger partial charge in [0.05, 0.1) is 0 Å². The summed E-state index contributed by atoms with van der Waals surface area (Å²) in [7, 11) is -2.92. The maximum atomic E-state index is 14.1. The summed E-state index contributed by atoms with van der Waals surface area (Å²) in [4.78, 5) is 0. The maximum absolute atomic E-state index is 14.1. The van der Waals surface area contributed by atoms with Crippen molar-refractivity contribution in [1.29, 1.82) is 0 Å². The van der Waals surface area contributed by atoms with E-state index in [4.69, 9.17) is 0 Å². The minimum atomic E-state index is -2.92. The van der Waals surface area contributed by atoms with Crippen molar-refractivity contribution < 1.29 is 9.67 Å². The Bertz CT molecular complexity index is 827. The highest BCUT2D eigenvalue weighted by Gasteiger charge is 2.43. The first-order valence-electron chi connectivity index (χ1n) is 9.45. The molecular formula is C24H27O2P. The van der Waals surface area contributed by atoms with E-state index in [1.807, 2.05) is 66.7 Å². The Hall–Kier alpha value is -2.15. The Labute approximate surface area is 162 Å². The molecular weight excluding hydrogens is 351 g/mol. The van der Waals surface area contributed by atoms with Crippen LogP contribution in [0.1, 0.15) is 23.6 Å². The highest BCUT2D eigenvalue weighted by Crippen LogP contribution is 2.62. The normalized spacial score (nSPS) is 13.9. The number of aryl methyl sites for hydroxylation is 2. The first-order chi connectivity index (χ1) is 13.0. The molecule has 0 aliphatic carbocycles. The van der Waals surface area contributed by atoms with E-state index in [2.05, 4.69) is 24.3 Å². The highest BCUT2D eigenvalue weighted by molar-refractivity contribution is 7.64. The third kappa shape index (κ3) is 4.77. The molecule has 0 radical (unpaired) electrons. The molecule has 2 nitrogen and oxygen atoms in total. The monoisotopic (exact) mass is 378 g/mol. The van der Waals surface area contributed by atoms with Gasteiger partial charge in [0, 0.05) is 12.3 Å². The topological polar surface area (TPSA) is 37.3 Å². The van der Waals surface area contributed by atoms with Crippen molar-refractivity contribution in [3.8, 4) is 0 Å². The number of benzene rings is 3. The molecule has 0 heterocycles. The molecule has 1 unspecified atom stereocenters. The third-order valence-corrected chi connectivity index (χ3v) is 9.06. The summed E-state index contributed by atoms with van der Waals surface area (Å²) < 4.78 is 14.1. The zero-order chi connectivity index (χ0) is 19.2. The SMILES string of the molecule is CC(O)(c1ccccc1)P(=O)(CCc1ccccc1)CCc1ccccc1. The summed E-state index contributed by atoms with van der Waals surface area (Å²) in [5.74, 6) is 0. The molecule has 0 aliphatic rings. The predicted molar refractivity (Wildman–Crippen MR) is 114 cm³/mol. The van der Waals surface area contributed by atoms with Crippen molar-refractivity contribution in [1.82, 2.24) is 0 Å². The molecule has 27 heavy (non-hydrogen) atoms. The zero-order valence-corrected chi connectivity index (χ0v) is 16.7. The first-order valence-corrected chi connectivity index (χ1v) is 11.5. The Morgan fingerprint density at radius 3 is 1.48 bits per heavy atom. The smallest absolute Gasteiger partial charge is 0.139 e. The molecule has 1 atom stereocenters. The van der Waals surface area contributed by atoms with Gasteiger partial charge in [0.2, 0.25) is 0 Å². The molecule has 3 aromatic carbocycles. The van der Waals surface area contributed by atoms with E-state index >= 15 is 0 Å². The maximum Gasteiger partial charge on any atom is 0.139 e. The molecule has 0 aliphatic heterocycles. The van der Waals surface area contributed by atoms with Gasteiger partial charge in [-0.15, -0.1) is 0 Å². The van der Waals surface area contributed by atoms with Gasteiger partial charge in [-0.2, -0.15) is 0 Å². The van der Waals surface area contributed by atoms with E-state index in [0.717, 1.165) is 16.7 Å². The van der Waals surface area contributed by atoms with Gasteiger partial charge in [0.1, 0.15) is 12.5 Å². The quantitative estimate of drug-likeness (QED) is 0.511. The molecule has 0 bridgehead atoms. The van der Waals surface area contributed by atoms with Crippen molar-refractivity contribution in [2.75, 3.05) is 12.3 Å². The standard InChI is InChI=1S/C24H27O2P/c1-24(25,23-15-9-4-10-16-23)27(26,19-17-21-11-5-2-6-12-21)20-18-22-13-7-3-8-14-22/h2-16,25H,17-20H2,1H3. The molecule has 3 heteroatoms. The summed E-state index contributed by atoms with van der Waals surface area (Å²) in [5.41, 5.74) is 3.04. The zero-order valence-electron chi connectivity index (χ0n) is 15.8. The second-order valence-electron chi connectivity index (χ2n) is 7.19. The van der Waals surface area contributed by atoms with Gasteiger partial charge in [-0.1, -0.05) is 91.0 Å². The van der Waals surface area contributed by atoms with Crippen LogP contribution in [-0.2, 0) is 22.7 Å². The molecule has 0 amide bonds.